The highest BCUT2D eigenvalue weighted by atomic mass is 15.1. The fourth-order valence-corrected chi connectivity index (χ4v) is 4.63. The molecule has 2 aromatic heterocycles. The van der Waals surface area contributed by atoms with Crippen LogP contribution in [0.5, 0.6) is 0 Å². The average molecular weight is 468 g/mol. The first-order valence-electron chi connectivity index (χ1n) is 12.9. The zero-order valence-corrected chi connectivity index (χ0v) is 21.5. The van der Waals surface area contributed by atoms with Crippen LogP contribution < -0.4 is 10.6 Å². The predicted octanol–water partition coefficient (Wildman–Crippen LogP) is 7.21. The number of nitrogens with one attached hydrogen (secondary N) is 2. The van der Waals surface area contributed by atoms with Gasteiger partial charge in [0, 0.05) is 41.4 Å². The lowest BCUT2D eigenvalue weighted by Gasteiger charge is -2.15. The molecule has 0 atom stereocenters. The van der Waals surface area contributed by atoms with Gasteiger partial charge in [0.2, 0.25) is 5.95 Å². The van der Waals surface area contributed by atoms with Gasteiger partial charge in [0.15, 0.2) is 0 Å². The van der Waals surface area contributed by atoms with Crippen molar-refractivity contribution >= 4 is 28.4 Å². The molecule has 4 aromatic rings. The van der Waals surface area contributed by atoms with Gasteiger partial charge >= 0.3 is 0 Å². The molecule has 5 nitrogen and oxygen atoms in total. The van der Waals surface area contributed by atoms with Crippen LogP contribution in [0, 0.1) is 0 Å². The number of hydrogen-bond acceptors (Lipinski definition) is 4. The number of rotatable bonds is 11. The van der Waals surface area contributed by atoms with Gasteiger partial charge < -0.3 is 15.2 Å². The summed E-state index contributed by atoms with van der Waals surface area (Å²) >= 11 is 0. The predicted molar refractivity (Wildman–Crippen MR) is 149 cm³/mol. The van der Waals surface area contributed by atoms with Crippen molar-refractivity contribution in [3.63, 3.8) is 0 Å². The Balaban J connectivity index is 1.64. The minimum absolute atomic E-state index is 0.604. The van der Waals surface area contributed by atoms with Crippen LogP contribution in [0.1, 0.15) is 62.8 Å². The third kappa shape index (κ3) is 5.40. The SMILES string of the molecule is C=C(NCCCC)c1cccc(-n2ccc3cnc(Nc4cc(CC)c(CC)c(CC)c4)nc32)c1. The molecule has 0 saturated carbocycles. The lowest BCUT2D eigenvalue weighted by molar-refractivity contribution is 0.745. The first-order valence-corrected chi connectivity index (χ1v) is 12.9. The van der Waals surface area contributed by atoms with Crippen molar-refractivity contribution in [3.05, 3.63) is 83.7 Å². The molecule has 0 fully saturated rings. The Labute approximate surface area is 209 Å². The van der Waals surface area contributed by atoms with Gasteiger partial charge in [0.1, 0.15) is 5.65 Å². The van der Waals surface area contributed by atoms with Gasteiger partial charge in [-0.3, -0.25) is 0 Å². The molecule has 0 saturated heterocycles. The van der Waals surface area contributed by atoms with Crippen LogP contribution in [0.15, 0.2) is 61.4 Å². The van der Waals surface area contributed by atoms with E-state index in [-0.39, 0.29) is 0 Å². The molecular formula is C30H37N5. The van der Waals surface area contributed by atoms with Crippen LogP contribution in [-0.2, 0) is 19.3 Å². The molecule has 0 unspecified atom stereocenters. The van der Waals surface area contributed by atoms with Gasteiger partial charge in [0.05, 0.1) is 0 Å². The zero-order valence-electron chi connectivity index (χ0n) is 21.5. The summed E-state index contributed by atoms with van der Waals surface area (Å²) in [5.41, 5.74) is 9.26. The third-order valence-corrected chi connectivity index (χ3v) is 6.57. The van der Waals surface area contributed by atoms with Crippen molar-refractivity contribution < 1.29 is 0 Å². The number of aryl methyl sites for hydroxylation is 2. The summed E-state index contributed by atoms with van der Waals surface area (Å²) in [6.45, 7) is 14.0. The maximum Gasteiger partial charge on any atom is 0.229 e. The molecular weight excluding hydrogens is 430 g/mol. The number of anilines is 2. The molecule has 2 heterocycles. The van der Waals surface area contributed by atoms with Crippen molar-refractivity contribution in [2.75, 3.05) is 11.9 Å². The second-order valence-corrected chi connectivity index (χ2v) is 8.93. The van der Waals surface area contributed by atoms with Gasteiger partial charge in [-0.2, -0.15) is 4.98 Å². The summed E-state index contributed by atoms with van der Waals surface area (Å²) in [5, 5.41) is 7.90. The second-order valence-electron chi connectivity index (χ2n) is 8.93. The van der Waals surface area contributed by atoms with Crippen molar-refractivity contribution in [2.24, 2.45) is 0 Å². The fraction of sp³-hybridized carbons (Fsp3) is 0.333. The normalized spacial score (nSPS) is 11.1. The lowest BCUT2D eigenvalue weighted by Crippen LogP contribution is -2.12. The van der Waals surface area contributed by atoms with Crippen LogP contribution >= 0.6 is 0 Å². The van der Waals surface area contributed by atoms with E-state index in [1.165, 1.54) is 16.7 Å². The molecule has 0 aliphatic rings. The Bertz CT molecular complexity index is 1290. The number of fused-ring (bicyclic) bond motifs is 1. The summed E-state index contributed by atoms with van der Waals surface area (Å²) in [6.07, 6.45) is 9.32. The molecule has 0 amide bonds. The molecule has 0 aliphatic carbocycles. The Hall–Kier alpha value is -3.60. The summed E-state index contributed by atoms with van der Waals surface area (Å²) < 4.78 is 2.11. The Kier molecular flexibility index (Phi) is 7.86. The molecule has 2 aromatic carbocycles. The number of nitrogens with zero attached hydrogens (tertiary/aromatic N) is 3. The maximum absolute atomic E-state index is 4.90. The van der Waals surface area contributed by atoms with Crippen LogP contribution in [0.2, 0.25) is 0 Å². The van der Waals surface area contributed by atoms with E-state index in [0.717, 1.165) is 72.3 Å². The van der Waals surface area contributed by atoms with Crippen LogP contribution in [0.4, 0.5) is 11.6 Å². The van der Waals surface area contributed by atoms with Gasteiger partial charge in [-0.05, 0) is 78.3 Å². The molecule has 0 spiro atoms. The number of aromatic nitrogens is 3. The molecule has 35 heavy (non-hydrogen) atoms. The molecule has 5 heteroatoms. The van der Waals surface area contributed by atoms with Crippen LogP contribution in [0.3, 0.4) is 0 Å². The average Bonchev–Trinajstić information content (AvgIpc) is 3.31. The topological polar surface area (TPSA) is 54.8 Å². The minimum Gasteiger partial charge on any atom is -0.385 e. The molecule has 0 bridgehead atoms. The van der Waals surface area contributed by atoms with Gasteiger partial charge in [0.25, 0.3) is 0 Å². The lowest BCUT2D eigenvalue weighted by atomic mass is 9.95. The zero-order chi connectivity index (χ0) is 24.8. The molecule has 0 aliphatic heterocycles. The van der Waals surface area contributed by atoms with Gasteiger partial charge in [-0.1, -0.05) is 52.8 Å². The monoisotopic (exact) mass is 467 g/mol. The van der Waals surface area contributed by atoms with E-state index in [4.69, 9.17) is 4.98 Å². The van der Waals surface area contributed by atoms with Crippen molar-refractivity contribution in [1.29, 1.82) is 0 Å². The van der Waals surface area contributed by atoms with Gasteiger partial charge in [-0.15, -0.1) is 0 Å². The third-order valence-electron chi connectivity index (χ3n) is 6.57. The highest BCUT2D eigenvalue weighted by Crippen LogP contribution is 2.26. The number of benzene rings is 2. The van der Waals surface area contributed by atoms with E-state index in [0.29, 0.717) is 5.95 Å². The van der Waals surface area contributed by atoms with E-state index in [9.17, 15) is 0 Å². The highest BCUT2D eigenvalue weighted by Gasteiger charge is 2.11. The smallest absolute Gasteiger partial charge is 0.229 e. The first kappa shape index (κ1) is 24.5. The summed E-state index contributed by atoms with van der Waals surface area (Å²) in [5.74, 6) is 0.604. The van der Waals surface area contributed by atoms with E-state index in [2.05, 4.69) is 103 Å². The number of unbranched alkanes of at least 4 members (excludes halogenated alkanes) is 1. The largest absolute Gasteiger partial charge is 0.385 e. The Morgan fingerprint density at radius 3 is 2.43 bits per heavy atom. The molecule has 2 N–H and O–H groups in total. The number of hydrogen-bond donors (Lipinski definition) is 2. The van der Waals surface area contributed by atoms with E-state index in [1.807, 2.05) is 6.20 Å². The summed E-state index contributed by atoms with van der Waals surface area (Å²) in [7, 11) is 0. The van der Waals surface area contributed by atoms with E-state index >= 15 is 0 Å². The van der Waals surface area contributed by atoms with Gasteiger partial charge in [-0.25, -0.2) is 4.98 Å². The van der Waals surface area contributed by atoms with E-state index in [1.54, 1.807) is 0 Å². The standard InChI is InChI=1S/C30H37N5/c1-6-10-15-31-21(5)24-12-11-13-27(19-24)35-16-14-25-20-32-30(34-29(25)35)33-26-17-22(7-2)28(9-4)23(8-3)18-26/h11-14,16-20,31H,5-10,15H2,1-4H3,(H,32,33,34). The molecule has 182 valence electrons. The maximum atomic E-state index is 4.90. The molecule has 0 radical (unpaired) electrons. The Morgan fingerprint density at radius 1 is 0.971 bits per heavy atom. The minimum atomic E-state index is 0.604. The second kappa shape index (κ2) is 11.2. The Morgan fingerprint density at radius 2 is 1.74 bits per heavy atom. The van der Waals surface area contributed by atoms with Crippen molar-refractivity contribution in [1.82, 2.24) is 19.9 Å². The molecule has 4 rings (SSSR count). The quantitative estimate of drug-likeness (QED) is 0.229. The summed E-state index contributed by atoms with van der Waals surface area (Å²) in [6, 6.07) is 15.0. The van der Waals surface area contributed by atoms with E-state index < -0.39 is 0 Å². The van der Waals surface area contributed by atoms with Crippen molar-refractivity contribution in [2.45, 2.75) is 59.8 Å². The fourth-order valence-electron chi connectivity index (χ4n) is 4.63. The highest BCUT2D eigenvalue weighted by molar-refractivity contribution is 5.79. The van der Waals surface area contributed by atoms with Crippen molar-refractivity contribution in [3.8, 4) is 5.69 Å². The summed E-state index contributed by atoms with van der Waals surface area (Å²) in [4.78, 5) is 9.49. The van der Waals surface area contributed by atoms with Crippen LogP contribution in [0.25, 0.3) is 22.4 Å². The van der Waals surface area contributed by atoms with Crippen LogP contribution in [-0.4, -0.2) is 21.1 Å². The first-order chi connectivity index (χ1) is 17.1.